The molecule has 14 fully saturated rings. The summed E-state index contributed by atoms with van der Waals surface area (Å²) in [6.07, 6.45) is 44.6. The highest BCUT2D eigenvalue weighted by molar-refractivity contribution is 6.00. The molecule has 0 spiro atoms. The van der Waals surface area contributed by atoms with Crippen molar-refractivity contribution in [2.45, 2.75) is 429 Å². The van der Waals surface area contributed by atoms with Crippen molar-refractivity contribution in [3.8, 4) is 0 Å². The molecule has 14 atom stereocenters. The Morgan fingerprint density at radius 2 is 0.801 bits per heavy atom. The third-order valence-corrected chi connectivity index (χ3v) is 32.9. The Bertz CT molecular complexity index is 5480. The molecule has 20 rings (SSSR count). The fourth-order valence-corrected chi connectivity index (χ4v) is 22.7. The normalized spacial score (nSPS) is 29.6. The Kier molecular flexibility index (Phi) is 35.5. The van der Waals surface area contributed by atoms with E-state index in [2.05, 4.69) is 182 Å². The van der Waals surface area contributed by atoms with E-state index in [0.717, 1.165) is 153 Å². The lowest BCUT2D eigenvalue weighted by atomic mass is 9.40. The minimum absolute atomic E-state index is 0.0727. The van der Waals surface area contributed by atoms with Gasteiger partial charge in [0, 0.05) is 103 Å². The predicted octanol–water partition coefficient (Wildman–Crippen LogP) is 12.8. The van der Waals surface area contributed by atoms with Crippen molar-refractivity contribution in [3.63, 3.8) is 0 Å². The predicted molar refractivity (Wildman–Crippen MR) is 564 cm³/mol. The van der Waals surface area contributed by atoms with E-state index in [0.29, 0.717) is 172 Å². The molecule has 6 aromatic heterocycles. The number of fused-ring (bicyclic) bond motifs is 2. The lowest BCUT2D eigenvalue weighted by molar-refractivity contribution is -0.100. The van der Waals surface area contributed by atoms with Crippen LogP contribution in [0.1, 0.15) is 389 Å². The standard InChI is InChI=1S/C20H30N4O2.C18H27N5O2.C18H29N5O2.C17H27N5O2.C17H26N4O2.C16H27N5O2/c1-20(9-2-10-20)11-17-16(18(21)25)12-22-19(24-17)23-13-3-5-14(6-4-13)26-15-7-8-15;1-10-3-4-11(5-13(10)24)21-15-12(14(19)25)6-20-16(22-15)23-18-7-17(2,8-18)9-18;1-10-4-7-12(8-14(10)24)21-16-13(15(19)25)9-20-17(22-16)23-18(2,3)11-5-6-11;1-9-3-6-12(7-14(9)23)21-16-13(15(18)24)8-19-17(22-16)20-10(2)11-4-5-11;1-15(2,3)21-14-11(13(18)22)9-19-12(20-14)8-16-4-6-17(23,10-16)7-5-16;1-4-10(3)19-16-18-8-12(14(17)23)15(21-16)20-11-6-5-9(2)13(22)7-11/h12-15H,2-11H2,1H3,(H2,21,25)(H,22,23,24);6,10-11,13,24H,3-5,7-9H2,1-2H3,(H2,19,25)(H2,20,21,22,23);9-12,14,24H,4-8H2,1-3H3,(H2,19,25)(H2,20,21,22,23);8-12,14,23H,3-7H2,1-2H3,(H2,18,24)(H2,19,20,21,22);9,23H,4-8,10H2,1-3H3,(H2,18,22)(H,19,20,21);8-11,13,22H,4-7H2,1-3H3,(H2,17,23)(H2,18,19,20,21)/t;10-,11-,13-,17?,18?;10-,12-,14-;9-,10+,12-,14-;;9-,10+,11-,13-/m.111.1/s1. The van der Waals surface area contributed by atoms with Crippen LogP contribution in [-0.2, 0) is 17.6 Å². The van der Waals surface area contributed by atoms with E-state index in [1.54, 1.807) is 6.20 Å². The molecule has 0 unspecified atom stereocenters. The first-order valence-electron chi connectivity index (χ1n) is 53.8. The first-order valence-corrected chi connectivity index (χ1v) is 53.8. The second-order valence-corrected chi connectivity index (χ2v) is 47.7. The highest BCUT2D eigenvalue weighted by Crippen LogP contribution is 2.68. The topological polar surface area (TPSA) is 644 Å². The molecule has 0 saturated heterocycles. The number of carbonyl (C=O) groups is 6. The Balaban J connectivity index is 0.000000139. The molecule has 146 heavy (non-hydrogen) atoms. The van der Waals surface area contributed by atoms with Crippen LogP contribution in [0.5, 0.6) is 0 Å². The van der Waals surface area contributed by atoms with Gasteiger partial charge in [-0.2, -0.15) is 19.9 Å². The van der Waals surface area contributed by atoms with Gasteiger partial charge in [-0.25, -0.2) is 39.9 Å². The molecule has 6 aromatic rings. The van der Waals surface area contributed by atoms with Crippen LogP contribution in [0.2, 0.25) is 0 Å². The van der Waals surface area contributed by atoms with Gasteiger partial charge in [0.05, 0.1) is 81.3 Å². The van der Waals surface area contributed by atoms with Crippen molar-refractivity contribution in [2.24, 2.45) is 86.2 Å². The van der Waals surface area contributed by atoms with Gasteiger partial charge in [0.2, 0.25) is 29.7 Å². The van der Waals surface area contributed by atoms with Crippen molar-refractivity contribution in [2.75, 3.05) is 53.2 Å². The van der Waals surface area contributed by atoms with E-state index in [1.807, 2.05) is 27.7 Å². The van der Waals surface area contributed by atoms with Crippen LogP contribution in [-0.4, -0.2) is 222 Å². The summed E-state index contributed by atoms with van der Waals surface area (Å²) in [4.78, 5) is 123. The number of hydrogen-bond acceptors (Lipinski definition) is 34. The van der Waals surface area contributed by atoms with Crippen LogP contribution in [0.3, 0.4) is 0 Å². The number of nitrogens with two attached hydrogens (primary N) is 6. The summed E-state index contributed by atoms with van der Waals surface area (Å²) < 4.78 is 6.03. The van der Waals surface area contributed by atoms with Crippen LogP contribution < -0.4 is 87.6 Å². The van der Waals surface area contributed by atoms with E-state index >= 15 is 0 Å². The van der Waals surface area contributed by atoms with Crippen LogP contribution >= 0.6 is 0 Å². The Morgan fingerprint density at radius 1 is 0.418 bits per heavy atom. The minimum atomic E-state index is -0.563. The zero-order valence-corrected chi connectivity index (χ0v) is 88.3. The molecule has 802 valence electrons. The maximum Gasteiger partial charge on any atom is 0.254 e. The average molecular weight is 2020 g/mol. The number of primary amides is 6. The average Bonchev–Trinajstić information content (AvgIpc) is 1.19. The van der Waals surface area contributed by atoms with Crippen molar-refractivity contribution in [1.82, 2.24) is 59.8 Å². The quantitative estimate of drug-likeness (QED) is 0.0178. The molecule has 14 aliphatic carbocycles. The fourth-order valence-electron chi connectivity index (χ4n) is 22.7. The second kappa shape index (κ2) is 46.9. The summed E-state index contributed by atoms with van der Waals surface area (Å²) in [6.45, 7) is 29.3. The number of aliphatic hydroxyl groups is 5. The van der Waals surface area contributed by atoms with E-state index in [-0.39, 0.29) is 98.8 Å². The van der Waals surface area contributed by atoms with Crippen molar-refractivity contribution >= 4 is 94.3 Å². The summed E-state index contributed by atoms with van der Waals surface area (Å²) in [5.41, 5.74) is 35.7. The molecule has 0 aliphatic heterocycles. The molecular weight excluding hydrogens is 1860 g/mol. The Labute approximate surface area is 859 Å². The van der Waals surface area contributed by atoms with E-state index in [9.17, 15) is 54.3 Å². The number of rotatable bonds is 34. The highest BCUT2D eigenvalue weighted by atomic mass is 16.5. The maximum absolute atomic E-state index is 11.8. The van der Waals surface area contributed by atoms with Crippen molar-refractivity contribution < 1.29 is 59.0 Å². The third kappa shape index (κ3) is 30.2. The van der Waals surface area contributed by atoms with Gasteiger partial charge < -0.3 is 118 Å². The van der Waals surface area contributed by atoms with Gasteiger partial charge in [-0.1, -0.05) is 54.9 Å². The molecule has 40 nitrogen and oxygen atoms in total. The van der Waals surface area contributed by atoms with Gasteiger partial charge in [0.25, 0.3) is 35.4 Å². The first kappa shape index (κ1) is 111. The molecule has 6 amide bonds. The van der Waals surface area contributed by atoms with Gasteiger partial charge >= 0.3 is 0 Å². The molecule has 0 radical (unpaired) electrons. The number of hydrogen-bond donors (Lipinski definition) is 21. The Hall–Kier alpha value is -10.9. The zero-order chi connectivity index (χ0) is 105. The number of anilines is 10. The fraction of sp³-hybridized carbons (Fsp3) is 0.717. The number of aliphatic hydroxyl groups excluding tert-OH is 4. The first-order chi connectivity index (χ1) is 69.0. The molecule has 4 bridgehead atoms. The molecule has 27 N–H and O–H groups in total. The van der Waals surface area contributed by atoms with Gasteiger partial charge in [-0.05, 0) is 319 Å². The smallest absolute Gasteiger partial charge is 0.254 e. The molecule has 14 saturated carbocycles. The Morgan fingerprint density at radius 3 is 1.18 bits per heavy atom. The summed E-state index contributed by atoms with van der Waals surface area (Å²) in [6, 6.07) is 1.24. The molecule has 6 heterocycles. The van der Waals surface area contributed by atoms with Gasteiger partial charge in [0.1, 0.15) is 34.9 Å². The second-order valence-electron chi connectivity index (χ2n) is 47.7. The van der Waals surface area contributed by atoms with Crippen LogP contribution in [0.25, 0.3) is 0 Å². The molecule has 40 heteroatoms. The van der Waals surface area contributed by atoms with Gasteiger partial charge in [-0.15, -0.1) is 0 Å². The minimum Gasteiger partial charge on any atom is -0.393 e. The third-order valence-electron chi connectivity index (χ3n) is 32.9. The largest absolute Gasteiger partial charge is 0.393 e. The number of aromatic nitrogens is 12. The van der Waals surface area contributed by atoms with Gasteiger partial charge in [-0.3, -0.25) is 28.8 Å². The lowest BCUT2D eigenvalue weighted by Gasteiger charge is -2.69. The number of ether oxygens (including phenoxy) is 1. The number of amides is 6. The summed E-state index contributed by atoms with van der Waals surface area (Å²) >= 11 is 0. The molecular formula is C106H166N28O12. The summed E-state index contributed by atoms with van der Waals surface area (Å²) in [5.74, 6) is 4.99. The zero-order valence-electron chi connectivity index (χ0n) is 88.3. The van der Waals surface area contributed by atoms with Crippen molar-refractivity contribution in [3.05, 3.63) is 82.1 Å². The highest BCUT2D eigenvalue weighted by Gasteiger charge is 2.65. The van der Waals surface area contributed by atoms with Crippen LogP contribution in [0.15, 0.2) is 37.2 Å². The van der Waals surface area contributed by atoms with Crippen molar-refractivity contribution in [1.29, 1.82) is 0 Å². The lowest BCUT2D eigenvalue weighted by Crippen LogP contribution is -2.69. The number of nitrogens with one attached hydrogen (secondary N) is 10. The SMILES string of the molecule is CC(C)(C)Nc1nc(CC23CCC(O)(CC2)C3)ncc1C(N)=O.CC1(Cc2nc(NC3CCC(OC4CC4)CC3)ncc2C(N)=O)CCC1.CC[C@H](C)Nc1ncc(C(N)=O)c(N[C@@H]2CC[C@@H](C)[C@H](O)C2)n1.C[C@@H]1CC[C@@H](Nc2nc(NC(C)(C)C3CC3)ncc2C(N)=O)C[C@H]1O.C[C@@H]1CC[C@@H](Nc2nc(NC34CC(C)(C3)C4)ncc2C(N)=O)C[C@H]1O.C[C@H](Nc1ncc(C(N)=O)c(N[C@@H]2CC[C@@H](C)[C@H](O)C2)n1)C1CC1. The number of carbonyl (C=O) groups excluding carboxylic acids is 6. The van der Waals surface area contributed by atoms with Gasteiger partial charge in [0.15, 0.2) is 0 Å². The molecule has 14 aliphatic rings. The van der Waals surface area contributed by atoms with E-state index in [4.69, 9.17) is 39.1 Å². The molecule has 0 aromatic carbocycles. The maximum atomic E-state index is 11.8. The summed E-state index contributed by atoms with van der Waals surface area (Å²) in [5, 5.41) is 83.9. The van der Waals surface area contributed by atoms with Crippen LogP contribution in [0, 0.1) is 51.8 Å². The number of nitrogens with zero attached hydrogens (tertiary/aromatic N) is 12. The van der Waals surface area contributed by atoms with E-state index < -0.39 is 41.0 Å². The van der Waals surface area contributed by atoms with Crippen LogP contribution in [0.4, 0.5) is 58.8 Å². The van der Waals surface area contributed by atoms with E-state index in [1.165, 1.54) is 88.8 Å². The monoisotopic (exact) mass is 2020 g/mol. The summed E-state index contributed by atoms with van der Waals surface area (Å²) in [7, 11) is 0.